The monoisotopic (exact) mass is 186 g/mol. The molecule has 0 saturated carbocycles. The third kappa shape index (κ3) is 2.97. The molecule has 0 aromatic heterocycles. The van der Waals surface area contributed by atoms with Crippen LogP contribution >= 0.6 is 0 Å². The van der Waals surface area contributed by atoms with Crippen LogP contribution in [0.5, 0.6) is 0 Å². The smallest absolute Gasteiger partial charge is 0.226 e. The Bertz CT molecular complexity index is 167. The van der Waals surface area contributed by atoms with Gasteiger partial charge in [-0.1, -0.05) is 0 Å². The summed E-state index contributed by atoms with van der Waals surface area (Å²) < 4.78 is 0. The van der Waals surface area contributed by atoms with Gasteiger partial charge < -0.3 is 15.3 Å². The molecule has 0 unspecified atom stereocenters. The van der Waals surface area contributed by atoms with Crippen molar-refractivity contribution in [3.8, 4) is 0 Å². The zero-order chi connectivity index (χ0) is 9.68. The van der Waals surface area contributed by atoms with E-state index < -0.39 is 0 Å². The minimum Gasteiger partial charge on any atom is -0.395 e. The molecule has 4 heteroatoms. The highest BCUT2D eigenvalue weighted by atomic mass is 16.3. The molecular weight excluding hydrogens is 168 g/mol. The third-order valence-corrected chi connectivity index (χ3v) is 2.46. The van der Waals surface area contributed by atoms with E-state index in [9.17, 15) is 4.79 Å². The summed E-state index contributed by atoms with van der Waals surface area (Å²) in [6, 6.07) is 0. The number of hydrogen-bond acceptors (Lipinski definition) is 3. The van der Waals surface area contributed by atoms with E-state index in [1.54, 1.807) is 11.9 Å². The molecule has 1 aliphatic heterocycles. The van der Waals surface area contributed by atoms with Crippen molar-refractivity contribution in [3.05, 3.63) is 0 Å². The van der Waals surface area contributed by atoms with Crippen LogP contribution in [0.2, 0.25) is 0 Å². The van der Waals surface area contributed by atoms with Crippen molar-refractivity contribution < 1.29 is 9.90 Å². The number of nitrogens with zero attached hydrogens (tertiary/aromatic N) is 1. The van der Waals surface area contributed by atoms with Gasteiger partial charge >= 0.3 is 0 Å². The molecule has 0 aromatic rings. The molecule has 1 fully saturated rings. The van der Waals surface area contributed by atoms with Gasteiger partial charge in [0.15, 0.2) is 0 Å². The maximum Gasteiger partial charge on any atom is 0.226 e. The number of aliphatic hydroxyl groups excluding tert-OH is 1. The number of nitrogens with one attached hydrogen (secondary N) is 1. The number of carbonyl (C=O) groups is 1. The lowest BCUT2D eigenvalue weighted by Crippen LogP contribution is -2.42. The zero-order valence-corrected chi connectivity index (χ0v) is 8.12. The summed E-state index contributed by atoms with van der Waals surface area (Å²) in [6.07, 6.45) is 2.05. The summed E-state index contributed by atoms with van der Waals surface area (Å²) in [7, 11) is 1.74. The minimum atomic E-state index is 0.0440. The molecule has 0 spiro atoms. The van der Waals surface area contributed by atoms with Crippen LogP contribution in [-0.2, 0) is 4.79 Å². The largest absolute Gasteiger partial charge is 0.395 e. The first-order valence-electron chi connectivity index (χ1n) is 4.82. The second-order valence-corrected chi connectivity index (χ2v) is 3.53. The molecule has 4 nitrogen and oxygen atoms in total. The van der Waals surface area contributed by atoms with E-state index in [4.69, 9.17) is 5.11 Å². The van der Waals surface area contributed by atoms with E-state index in [0.29, 0.717) is 6.54 Å². The van der Waals surface area contributed by atoms with Crippen LogP contribution in [0.3, 0.4) is 0 Å². The van der Waals surface area contributed by atoms with E-state index in [0.717, 1.165) is 25.9 Å². The Morgan fingerprint density at radius 1 is 1.69 bits per heavy atom. The van der Waals surface area contributed by atoms with Crippen molar-refractivity contribution in [1.29, 1.82) is 0 Å². The SMILES string of the molecule is CN(CCO)C(=O)[C@@H]1CCCNC1. The summed E-state index contributed by atoms with van der Waals surface area (Å²) in [6.45, 7) is 2.29. The molecule has 0 aromatic carbocycles. The molecule has 0 radical (unpaired) electrons. The first kappa shape index (κ1) is 10.5. The molecule has 1 atom stereocenters. The highest BCUT2D eigenvalue weighted by Gasteiger charge is 2.23. The van der Waals surface area contributed by atoms with Crippen LogP contribution < -0.4 is 5.32 Å². The van der Waals surface area contributed by atoms with E-state index in [2.05, 4.69) is 5.32 Å². The Morgan fingerprint density at radius 2 is 2.46 bits per heavy atom. The lowest BCUT2D eigenvalue weighted by molar-refractivity contribution is -0.135. The van der Waals surface area contributed by atoms with Crippen LogP contribution in [0.4, 0.5) is 0 Å². The molecule has 1 aliphatic rings. The fourth-order valence-corrected chi connectivity index (χ4v) is 1.63. The second-order valence-electron chi connectivity index (χ2n) is 3.53. The molecule has 13 heavy (non-hydrogen) atoms. The van der Waals surface area contributed by atoms with Gasteiger partial charge in [0.25, 0.3) is 0 Å². The van der Waals surface area contributed by atoms with Crippen molar-refractivity contribution in [1.82, 2.24) is 10.2 Å². The van der Waals surface area contributed by atoms with Gasteiger partial charge in [0, 0.05) is 20.1 Å². The second kappa shape index (κ2) is 5.19. The quantitative estimate of drug-likeness (QED) is 0.621. The fourth-order valence-electron chi connectivity index (χ4n) is 1.63. The molecule has 1 rings (SSSR count). The van der Waals surface area contributed by atoms with Crippen molar-refractivity contribution >= 4 is 5.91 Å². The Labute approximate surface area is 78.9 Å². The lowest BCUT2D eigenvalue weighted by Gasteiger charge is -2.26. The van der Waals surface area contributed by atoms with Crippen molar-refractivity contribution in [2.45, 2.75) is 12.8 Å². The van der Waals surface area contributed by atoms with Gasteiger partial charge in [0.1, 0.15) is 0 Å². The van der Waals surface area contributed by atoms with Gasteiger partial charge in [0.2, 0.25) is 5.91 Å². The summed E-state index contributed by atoms with van der Waals surface area (Å²) in [5.74, 6) is 0.270. The first-order valence-corrected chi connectivity index (χ1v) is 4.82. The van der Waals surface area contributed by atoms with Gasteiger partial charge in [-0.3, -0.25) is 4.79 Å². The van der Waals surface area contributed by atoms with Crippen molar-refractivity contribution in [2.75, 3.05) is 33.3 Å². The molecule has 1 heterocycles. The molecule has 76 valence electrons. The number of likely N-dealkylation sites (N-methyl/N-ethyl adjacent to an activating group) is 1. The topological polar surface area (TPSA) is 52.6 Å². The van der Waals surface area contributed by atoms with E-state index in [1.165, 1.54) is 0 Å². The predicted octanol–water partition coefficient (Wildman–Crippen LogP) is -0.563. The number of aliphatic hydroxyl groups is 1. The number of piperidine rings is 1. The molecule has 0 bridgehead atoms. The van der Waals surface area contributed by atoms with Crippen LogP contribution in [-0.4, -0.2) is 49.2 Å². The van der Waals surface area contributed by atoms with Gasteiger partial charge in [0.05, 0.1) is 12.5 Å². The van der Waals surface area contributed by atoms with Gasteiger partial charge in [-0.2, -0.15) is 0 Å². The molecule has 2 N–H and O–H groups in total. The highest BCUT2D eigenvalue weighted by Crippen LogP contribution is 2.12. The Balaban J connectivity index is 2.36. The lowest BCUT2D eigenvalue weighted by atomic mass is 9.98. The average Bonchev–Trinajstić information content (AvgIpc) is 2.18. The third-order valence-electron chi connectivity index (χ3n) is 2.46. The van der Waals surface area contributed by atoms with Crippen LogP contribution in [0.1, 0.15) is 12.8 Å². The molecule has 0 aliphatic carbocycles. The van der Waals surface area contributed by atoms with Gasteiger partial charge in [-0.15, -0.1) is 0 Å². The Morgan fingerprint density at radius 3 is 3.00 bits per heavy atom. The fraction of sp³-hybridized carbons (Fsp3) is 0.889. The number of amides is 1. The molecule has 1 saturated heterocycles. The Hall–Kier alpha value is -0.610. The number of rotatable bonds is 3. The highest BCUT2D eigenvalue weighted by molar-refractivity contribution is 5.78. The summed E-state index contributed by atoms with van der Waals surface area (Å²) >= 11 is 0. The van der Waals surface area contributed by atoms with Crippen molar-refractivity contribution in [3.63, 3.8) is 0 Å². The van der Waals surface area contributed by atoms with E-state index in [-0.39, 0.29) is 18.4 Å². The first-order chi connectivity index (χ1) is 6.25. The maximum absolute atomic E-state index is 11.7. The normalized spacial score (nSPS) is 22.8. The summed E-state index contributed by atoms with van der Waals surface area (Å²) in [4.78, 5) is 13.3. The number of carbonyl (C=O) groups excluding carboxylic acids is 1. The molecular formula is C9H18N2O2. The number of hydrogen-bond donors (Lipinski definition) is 2. The zero-order valence-electron chi connectivity index (χ0n) is 8.12. The predicted molar refractivity (Wildman–Crippen MR) is 50.3 cm³/mol. The van der Waals surface area contributed by atoms with Gasteiger partial charge in [-0.05, 0) is 19.4 Å². The average molecular weight is 186 g/mol. The Kier molecular flexibility index (Phi) is 4.18. The van der Waals surface area contributed by atoms with E-state index in [1.807, 2.05) is 0 Å². The summed E-state index contributed by atoms with van der Waals surface area (Å²) in [5, 5.41) is 11.9. The van der Waals surface area contributed by atoms with E-state index >= 15 is 0 Å². The maximum atomic E-state index is 11.7. The van der Waals surface area contributed by atoms with Crippen LogP contribution in [0.25, 0.3) is 0 Å². The van der Waals surface area contributed by atoms with Crippen molar-refractivity contribution in [2.24, 2.45) is 5.92 Å². The van der Waals surface area contributed by atoms with Gasteiger partial charge in [-0.25, -0.2) is 0 Å². The summed E-state index contributed by atoms with van der Waals surface area (Å²) in [5.41, 5.74) is 0. The van der Waals surface area contributed by atoms with Crippen LogP contribution in [0.15, 0.2) is 0 Å². The van der Waals surface area contributed by atoms with Crippen LogP contribution in [0, 0.1) is 5.92 Å². The molecule has 1 amide bonds. The standard InChI is InChI=1S/C9H18N2O2/c1-11(5-6-12)9(13)8-3-2-4-10-7-8/h8,10,12H,2-7H2,1H3/t8-/m1/s1. The minimum absolute atomic E-state index is 0.0440.